The van der Waals surface area contributed by atoms with Gasteiger partial charge in [0.1, 0.15) is 5.75 Å². The highest BCUT2D eigenvalue weighted by Gasteiger charge is 2.28. The highest BCUT2D eigenvalue weighted by atomic mass is 16.3. The first-order valence-electron chi connectivity index (χ1n) is 8.99. The molecule has 1 N–H and O–H groups in total. The number of carbonyl (C=O) groups is 1. The number of phenolic OH excluding ortho intramolecular Hbond substituents is 1. The number of amides is 1. The van der Waals surface area contributed by atoms with E-state index in [2.05, 4.69) is 24.0 Å². The fourth-order valence-electron chi connectivity index (χ4n) is 3.44. The molecule has 0 radical (unpaired) electrons. The normalized spacial score (nSPS) is 19.0. The van der Waals surface area contributed by atoms with Gasteiger partial charge < -0.3 is 10.0 Å². The molecule has 4 heteroatoms. The van der Waals surface area contributed by atoms with Crippen molar-refractivity contribution in [3.63, 3.8) is 0 Å². The molecule has 2 aromatic carbocycles. The van der Waals surface area contributed by atoms with Gasteiger partial charge in [-0.1, -0.05) is 49.4 Å². The number of carbonyl (C=O) groups excluding carboxylic acids is 1. The summed E-state index contributed by atoms with van der Waals surface area (Å²) in [6, 6.07) is 17.8. The van der Waals surface area contributed by atoms with Crippen molar-refractivity contribution in [3.8, 4) is 5.75 Å². The topological polar surface area (TPSA) is 43.8 Å². The third-order valence-corrected chi connectivity index (χ3v) is 4.88. The molecule has 25 heavy (non-hydrogen) atoms. The third-order valence-electron chi connectivity index (χ3n) is 4.88. The minimum Gasteiger partial charge on any atom is -0.508 e. The average molecular weight is 338 g/mol. The number of rotatable bonds is 5. The predicted octanol–water partition coefficient (Wildman–Crippen LogP) is 3.41. The van der Waals surface area contributed by atoms with Gasteiger partial charge in [-0.3, -0.25) is 9.69 Å². The zero-order valence-electron chi connectivity index (χ0n) is 14.8. The van der Waals surface area contributed by atoms with Gasteiger partial charge in [0.05, 0.1) is 0 Å². The van der Waals surface area contributed by atoms with Gasteiger partial charge in [-0.2, -0.15) is 0 Å². The van der Waals surface area contributed by atoms with Crippen LogP contribution < -0.4 is 0 Å². The monoisotopic (exact) mass is 338 g/mol. The molecule has 132 valence electrons. The van der Waals surface area contributed by atoms with Gasteiger partial charge in [0.2, 0.25) is 5.91 Å². The Balaban J connectivity index is 1.70. The maximum Gasteiger partial charge on any atom is 0.224 e. The van der Waals surface area contributed by atoms with Crippen LogP contribution >= 0.6 is 0 Å². The molecule has 1 fully saturated rings. The molecule has 1 aliphatic rings. The highest BCUT2D eigenvalue weighted by molar-refractivity contribution is 5.77. The summed E-state index contributed by atoms with van der Waals surface area (Å²) in [6.07, 6.45) is 1.51. The van der Waals surface area contributed by atoms with Gasteiger partial charge in [-0.05, 0) is 29.7 Å². The molecule has 0 spiro atoms. The Labute approximate surface area is 149 Å². The Bertz CT molecular complexity index is 685. The fourth-order valence-corrected chi connectivity index (χ4v) is 3.44. The lowest BCUT2D eigenvalue weighted by molar-refractivity contribution is -0.133. The second kappa shape index (κ2) is 8.17. The van der Waals surface area contributed by atoms with Crippen molar-refractivity contribution in [2.24, 2.45) is 0 Å². The van der Waals surface area contributed by atoms with Crippen molar-refractivity contribution in [1.82, 2.24) is 9.80 Å². The van der Waals surface area contributed by atoms with E-state index in [4.69, 9.17) is 0 Å². The molecule has 3 rings (SSSR count). The molecule has 0 bridgehead atoms. The van der Waals surface area contributed by atoms with Crippen LogP contribution in [0.25, 0.3) is 0 Å². The SMILES string of the molecule is CC[C@@H]1CN(Cc2ccc(O)cc2)CCC(=O)N1Cc1ccccc1. The predicted molar refractivity (Wildman–Crippen MR) is 99.1 cm³/mol. The van der Waals surface area contributed by atoms with Gasteiger partial charge in [-0.15, -0.1) is 0 Å². The lowest BCUT2D eigenvalue weighted by Crippen LogP contribution is -2.42. The van der Waals surface area contributed by atoms with Crippen molar-refractivity contribution < 1.29 is 9.90 Å². The maximum atomic E-state index is 12.7. The van der Waals surface area contributed by atoms with Crippen LogP contribution in [0.4, 0.5) is 0 Å². The summed E-state index contributed by atoms with van der Waals surface area (Å²) in [5, 5.41) is 9.43. The number of hydrogen-bond acceptors (Lipinski definition) is 3. The van der Waals surface area contributed by atoms with Crippen molar-refractivity contribution in [2.45, 2.75) is 38.9 Å². The Morgan fingerprint density at radius 2 is 1.68 bits per heavy atom. The van der Waals surface area contributed by atoms with E-state index < -0.39 is 0 Å². The maximum absolute atomic E-state index is 12.7. The van der Waals surface area contributed by atoms with Crippen LogP contribution in [0.3, 0.4) is 0 Å². The fraction of sp³-hybridized carbons (Fsp3) is 0.381. The lowest BCUT2D eigenvalue weighted by atomic mass is 10.1. The Kier molecular flexibility index (Phi) is 5.71. The van der Waals surface area contributed by atoms with Crippen LogP contribution in [-0.4, -0.2) is 39.9 Å². The Morgan fingerprint density at radius 1 is 1.00 bits per heavy atom. The summed E-state index contributed by atoms with van der Waals surface area (Å²) in [7, 11) is 0. The number of nitrogens with zero attached hydrogens (tertiary/aromatic N) is 2. The highest BCUT2D eigenvalue weighted by Crippen LogP contribution is 2.20. The van der Waals surface area contributed by atoms with E-state index in [9.17, 15) is 9.90 Å². The van der Waals surface area contributed by atoms with Crippen LogP contribution in [0.2, 0.25) is 0 Å². The smallest absolute Gasteiger partial charge is 0.224 e. The molecular formula is C21H26N2O2. The molecule has 0 saturated carbocycles. The second-order valence-corrected chi connectivity index (χ2v) is 6.72. The zero-order valence-corrected chi connectivity index (χ0v) is 14.8. The van der Waals surface area contributed by atoms with E-state index >= 15 is 0 Å². The molecule has 0 unspecified atom stereocenters. The van der Waals surface area contributed by atoms with Crippen molar-refractivity contribution in [1.29, 1.82) is 0 Å². The molecular weight excluding hydrogens is 312 g/mol. The largest absolute Gasteiger partial charge is 0.508 e. The van der Waals surface area contributed by atoms with Crippen LogP contribution in [0, 0.1) is 0 Å². The molecule has 0 aromatic heterocycles. The first-order valence-corrected chi connectivity index (χ1v) is 8.99. The standard InChI is InChI=1S/C21H26N2O2/c1-2-19-16-22(14-18-8-10-20(24)11-9-18)13-12-21(25)23(19)15-17-6-4-3-5-7-17/h3-11,19,24H,2,12-16H2,1H3/t19-/m1/s1. The van der Waals surface area contributed by atoms with Gasteiger partial charge in [0.25, 0.3) is 0 Å². The molecule has 2 aromatic rings. The first-order chi connectivity index (χ1) is 12.2. The Morgan fingerprint density at radius 3 is 2.36 bits per heavy atom. The molecule has 1 amide bonds. The molecule has 1 saturated heterocycles. The first kappa shape index (κ1) is 17.5. The summed E-state index contributed by atoms with van der Waals surface area (Å²) in [6.45, 7) is 5.31. The van der Waals surface area contributed by atoms with Crippen molar-refractivity contribution >= 4 is 5.91 Å². The third kappa shape index (κ3) is 4.60. The van der Waals surface area contributed by atoms with Crippen LogP contribution in [-0.2, 0) is 17.9 Å². The van der Waals surface area contributed by atoms with Crippen LogP contribution in [0.5, 0.6) is 5.75 Å². The average Bonchev–Trinajstić information content (AvgIpc) is 2.78. The van der Waals surface area contributed by atoms with E-state index in [0.717, 1.165) is 31.6 Å². The van der Waals surface area contributed by atoms with Crippen molar-refractivity contribution in [2.75, 3.05) is 13.1 Å². The Hall–Kier alpha value is -2.33. The number of hydrogen-bond donors (Lipinski definition) is 1. The van der Waals surface area contributed by atoms with E-state index in [1.54, 1.807) is 12.1 Å². The summed E-state index contributed by atoms with van der Waals surface area (Å²) in [5.74, 6) is 0.527. The zero-order chi connectivity index (χ0) is 17.6. The summed E-state index contributed by atoms with van der Waals surface area (Å²) in [5.41, 5.74) is 2.35. The number of aromatic hydroxyl groups is 1. The van der Waals surface area contributed by atoms with E-state index in [1.165, 1.54) is 5.56 Å². The van der Waals surface area contributed by atoms with E-state index in [0.29, 0.717) is 13.0 Å². The number of benzene rings is 2. The lowest BCUT2D eigenvalue weighted by Gasteiger charge is -2.31. The van der Waals surface area contributed by atoms with Gasteiger partial charge >= 0.3 is 0 Å². The van der Waals surface area contributed by atoms with E-state index in [1.807, 2.05) is 35.2 Å². The minimum absolute atomic E-state index is 0.229. The summed E-state index contributed by atoms with van der Waals surface area (Å²) >= 11 is 0. The molecule has 4 nitrogen and oxygen atoms in total. The van der Waals surface area contributed by atoms with E-state index in [-0.39, 0.29) is 17.7 Å². The van der Waals surface area contributed by atoms with Gasteiger partial charge in [0.15, 0.2) is 0 Å². The van der Waals surface area contributed by atoms with Gasteiger partial charge in [-0.25, -0.2) is 0 Å². The van der Waals surface area contributed by atoms with Crippen molar-refractivity contribution in [3.05, 3.63) is 65.7 Å². The second-order valence-electron chi connectivity index (χ2n) is 6.72. The molecule has 1 atom stereocenters. The quantitative estimate of drug-likeness (QED) is 0.909. The molecule has 1 heterocycles. The molecule has 1 aliphatic heterocycles. The van der Waals surface area contributed by atoms with Crippen LogP contribution in [0.15, 0.2) is 54.6 Å². The summed E-state index contributed by atoms with van der Waals surface area (Å²) in [4.78, 5) is 17.1. The van der Waals surface area contributed by atoms with Gasteiger partial charge in [0, 0.05) is 38.6 Å². The number of phenols is 1. The minimum atomic E-state index is 0.229. The van der Waals surface area contributed by atoms with Crippen LogP contribution in [0.1, 0.15) is 30.9 Å². The molecule has 0 aliphatic carbocycles. The summed E-state index contributed by atoms with van der Waals surface area (Å²) < 4.78 is 0.